The van der Waals surface area contributed by atoms with Crippen molar-refractivity contribution >= 4 is 11.8 Å². The minimum atomic E-state index is -0.633. The van der Waals surface area contributed by atoms with E-state index < -0.39 is 5.97 Å². The third-order valence-electron chi connectivity index (χ3n) is 1.05. The zero-order valence-electron chi connectivity index (χ0n) is 6.75. The second kappa shape index (κ2) is 5.85. The van der Waals surface area contributed by atoms with Crippen molar-refractivity contribution in [3.05, 3.63) is 0 Å². The number of ketones is 1. The summed E-state index contributed by atoms with van der Waals surface area (Å²) in [5, 5.41) is 0. The summed E-state index contributed by atoms with van der Waals surface area (Å²) in [7, 11) is 1.22. The summed E-state index contributed by atoms with van der Waals surface area (Å²) in [5.41, 5.74) is 0. The first-order valence-corrected chi connectivity index (χ1v) is 3.46. The minimum absolute atomic E-state index is 0.116. The predicted molar refractivity (Wildman–Crippen MR) is 37.6 cm³/mol. The Labute approximate surface area is 65.4 Å². The molecule has 0 aromatic heterocycles. The van der Waals surface area contributed by atoms with Crippen LogP contribution in [0.4, 0.5) is 0 Å². The van der Waals surface area contributed by atoms with Crippen LogP contribution < -0.4 is 0 Å². The van der Waals surface area contributed by atoms with E-state index in [1.54, 1.807) is 0 Å². The lowest BCUT2D eigenvalue weighted by Crippen LogP contribution is -2.10. The summed E-state index contributed by atoms with van der Waals surface area (Å²) in [6, 6.07) is 0. The molecule has 0 aliphatic rings. The molecule has 0 spiro atoms. The maximum absolute atomic E-state index is 10.8. The summed E-state index contributed by atoms with van der Waals surface area (Å²) in [6.07, 6.45) is 0.972. The molecule has 0 fully saturated rings. The molecule has 0 saturated carbocycles. The quantitative estimate of drug-likeness (QED) is 0.340. The van der Waals surface area contributed by atoms with Gasteiger partial charge < -0.3 is 0 Å². The molecule has 0 heterocycles. The van der Waals surface area contributed by atoms with Crippen LogP contribution in [0.5, 0.6) is 0 Å². The third kappa shape index (κ3) is 5.54. The molecule has 0 unspecified atom stereocenters. The third-order valence-corrected chi connectivity index (χ3v) is 1.05. The van der Waals surface area contributed by atoms with Crippen LogP contribution in [0, 0.1) is 0 Å². The number of hydrogen-bond donors (Lipinski definition) is 0. The molecule has 64 valence electrons. The Morgan fingerprint density at radius 1 is 1.36 bits per heavy atom. The zero-order valence-corrected chi connectivity index (χ0v) is 6.75. The van der Waals surface area contributed by atoms with E-state index in [1.807, 2.05) is 6.92 Å². The molecule has 0 aromatic carbocycles. The van der Waals surface area contributed by atoms with Gasteiger partial charge in [0.25, 0.3) is 0 Å². The number of Topliss-reactive ketones (excluding diaryl/α,β-unsaturated/α-hetero) is 1. The van der Waals surface area contributed by atoms with E-state index in [1.165, 1.54) is 7.11 Å². The highest BCUT2D eigenvalue weighted by Crippen LogP contribution is 1.95. The minimum Gasteiger partial charge on any atom is -0.299 e. The average molecular weight is 160 g/mol. The first kappa shape index (κ1) is 10.1. The van der Waals surface area contributed by atoms with Gasteiger partial charge in [-0.15, -0.1) is 0 Å². The van der Waals surface area contributed by atoms with Crippen molar-refractivity contribution in [3.63, 3.8) is 0 Å². The zero-order chi connectivity index (χ0) is 8.69. The Bertz CT molecular complexity index is 125. The van der Waals surface area contributed by atoms with Gasteiger partial charge in [0.1, 0.15) is 12.2 Å². The van der Waals surface area contributed by atoms with Gasteiger partial charge in [-0.25, -0.2) is 4.79 Å². The SMILES string of the molecule is CCCC(=O)CC(=O)OOC. The van der Waals surface area contributed by atoms with Gasteiger partial charge in [0.05, 0.1) is 7.11 Å². The second-order valence-electron chi connectivity index (χ2n) is 2.09. The lowest BCUT2D eigenvalue weighted by Gasteiger charge is -1.97. The summed E-state index contributed by atoms with van der Waals surface area (Å²) >= 11 is 0. The van der Waals surface area contributed by atoms with E-state index in [9.17, 15) is 9.59 Å². The Balaban J connectivity index is 3.49. The van der Waals surface area contributed by atoms with Crippen LogP contribution >= 0.6 is 0 Å². The summed E-state index contributed by atoms with van der Waals surface area (Å²) < 4.78 is 0. The molecule has 0 atom stereocenters. The van der Waals surface area contributed by atoms with E-state index in [4.69, 9.17) is 0 Å². The van der Waals surface area contributed by atoms with E-state index >= 15 is 0 Å². The maximum Gasteiger partial charge on any atom is 0.349 e. The maximum atomic E-state index is 10.8. The van der Waals surface area contributed by atoms with Gasteiger partial charge in [0, 0.05) is 6.42 Å². The van der Waals surface area contributed by atoms with Crippen LogP contribution in [-0.4, -0.2) is 18.9 Å². The van der Waals surface area contributed by atoms with Crippen molar-refractivity contribution < 1.29 is 19.4 Å². The topological polar surface area (TPSA) is 52.6 Å². The highest BCUT2D eigenvalue weighted by atomic mass is 17.2. The lowest BCUT2D eigenvalue weighted by atomic mass is 10.2. The van der Waals surface area contributed by atoms with Crippen LogP contribution in [0.1, 0.15) is 26.2 Å². The van der Waals surface area contributed by atoms with Gasteiger partial charge in [-0.3, -0.25) is 9.68 Å². The molecule has 0 aliphatic heterocycles. The van der Waals surface area contributed by atoms with Crippen LogP contribution in [0.2, 0.25) is 0 Å². The van der Waals surface area contributed by atoms with Crippen LogP contribution in [0.3, 0.4) is 0 Å². The van der Waals surface area contributed by atoms with Gasteiger partial charge in [-0.05, 0) is 6.42 Å². The molecule has 4 nitrogen and oxygen atoms in total. The Morgan fingerprint density at radius 3 is 2.45 bits per heavy atom. The summed E-state index contributed by atoms with van der Waals surface area (Å²) in [6.45, 7) is 1.87. The monoisotopic (exact) mass is 160 g/mol. The van der Waals surface area contributed by atoms with E-state index in [0.29, 0.717) is 6.42 Å². The Morgan fingerprint density at radius 2 is 2.00 bits per heavy atom. The van der Waals surface area contributed by atoms with Gasteiger partial charge in [-0.1, -0.05) is 6.92 Å². The average Bonchev–Trinajstić information content (AvgIpc) is 1.87. The fourth-order valence-electron chi connectivity index (χ4n) is 0.651. The smallest absolute Gasteiger partial charge is 0.299 e. The fourth-order valence-corrected chi connectivity index (χ4v) is 0.651. The first-order chi connectivity index (χ1) is 5.20. The molecular formula is C7H12O4. The molecule has 0 saturated heterocycles. The highest BCUT2D eigenvalue weighted by Gasteiger charge is 2.09. The molecule has 0 rings (SSSR count). The number of carbonyl (C=O) groups is 2. The van der Waals surface area contributed by atoms with Gasteiger partial charge in [0.2, 0.25) is 0 Å². The molecular weight excluding hydrogens is 148 g/mol. The van der Waals surface area contributed by atoms with Crippen LogP contribution in [0.15, 0.2) is 0 Å². The van der Waals surface area contributed by atoms with Gasteiger partial charge in [-0.2, -0.15) is 4.89 Å². The van der Waals surface area contributed by atoms with Crippen LogP contribution in [-0.2, 0) is 19.4 Å². The number of carbonyl (C=O) groups excluding carboxylic acids is 2. The summed E-state index contributed by atoms with van der Waals surface area (Å²) in [5.74, 6) is -0.750. The standard InChI is InChI=1S/C7H12O4/c1-3-4-6(8)5-7(9)11-10-2/h3-5H2,1-2H3. The molecule has 0 aromatic rings. The lowest BCUT2D eigenvalue weighted by molar-refractivity contribution is -0.254. The fraction of sp³-hybridized carbons (Fsp3) is 0.714. The normalized spacial score (nSPS) is 9.27. The van der Waals surface area contributed by atoms with Crippen molar-refractivity contribution in [2.24, 2.45) is 0 Å². The highest BCUT2D eigenvalue weighted by molar-refractivity contribution is 5.95. The Hall–Kier alpha value is -0.900. The van der Waals surface area contributed by atoms with Crippen molar-refractivity contribution in [1.29, 1.82) is 0 Å². The first-order valence-electron chi connectivity index (χ1n) is 3.46. The van der Waals surface area contributed by atoms with Gasteiger partial charge in [0.15, 0.2) is 0 Å². The molecule has 0 radical (unpaired) electrons. The predicted octanol–water partition coefficient (Wildman–Crippen LogP) is 0.850. The van der Waals surface area contributed by atoms with Crippen molar-refractivity contribution in [1.82, 2.24) is 0 Å². The largest absolute Gasteiger partial charge is 0.349 e. The number of rotatable bonds is 5. The molecule has 4 heteroatoms. The van der Waals surface area contributed by atoms with Crippen LogP contribution in [0.25, 0.3) is 0 Å². The summed E-state index contributed by atoms with van der Waals surface area (Å²) in [4.78, 5) is 29.5. The molecule has 0 N–H and O–H groups in total. The molecule has 0 bridgehead atoms. The van der Waals surface area contributed by atoms with E-state index in [0.717, 1.165) is 6.42 Å². The second-order valence-corrected chi connectivity index (χ2v) is 2.09. The molecule has 0 amide bonds. The Kier molecular flexibility index (Phi) is 5.37. The van der Waals surface area contributed by atoms with E-state index in [-0.39, 0.29) is 12.2 Å². The molecule has 0 aliphatic carbocycles. The van der Waals surface area contributed by atoms with Crippen molar-refractivity contribution in [2.45, 2.75) is 26.2 Å². The number of hydrogen-bond acceptors (Lipinski definition) is 4. The van der Waals surface area contributed by atoms with E-state index in [2.05, 4.69) is 9.78 Å². The van der Waals surface area contributed by atoms with Crippen molar-refractivity contribution in [2.75, 3.05) is 7.11 Å². The van der Waals surface area contributed by atoms with Gasteiger partial charge >= 0.3 is 5.97 Å². The van der Waals surface area contributed by atoms with Crippen molar-refractivity contribution in [3.8, 4) is 0 Å². The molecule has 11 heavy (non-hydrogen) atoms.